The normalized spacial score (nSPS) is 30.8. The second-order valence-corrected chi connectivity index (χ2v) is 8.00. The van der Waals surface area contributed by atoms with Crippen LogP contribution in [0.15, 0.2) is 0 Å². The first-order valence-electron chi connectivity index (χ1n) is 9.68. The third-order valence-electron chi connectivity index (χ3n) is 5.76. The van der Waals surface area contributed by atoms with E-state index in [1.54, 1.807) is 0 Å². The molecule has 0 aromatic rings. The smallest absolute Gasteiger partial charge is 0.181 e. The Hall–Kier alpha value is -0.240. The number of likely N-dealkylation sites (tertiary alicyclic amines) is 2. The summed E-state index contributed by atoms with van der Waals surface area (Å²) >= 11 is 0. The number of rotatable bonds is 4. The zero-order chi connectivity index (χ0) is 16.5. The van der Waals surface area contributed by atoms with E-state index < -0.39 is 0 Å². The van der Waals surface area contributed by atoms with E-state index >= 15 is 0 Å². The van der Waals surface area contributed by atoms with Crippen LogP contribution in [-0.4, -0.2) is 87.1 Å². The van der Waals surface area contributed by atoms with Gasteiger partial charge in [0.2, 0.25) is 0 Å². The maximum Gasteiger partial charge on any atom is 0.181 e. The van der Waals surface area contributed by atoms with Crippen LogP contribution >= 0.6 is 0 Å². The number of piperidine rings is 2. The minimum atomic E-state index is -0.307. The largest absolute Gasteiger partial charge is 0.346 e. The van der Waals surface area contributed by atoms with E-state index in [0.717, 1.165) is 78.5 Å². The molecule has 6 heteroatoms. The van der Waals surface area contributed by atoms with Crippen molar-refractivity contribution in [2.75, 3.05) is 65.7 Å². The first-order valence-corrected chi connectivity index (χ1v) is 9.68. The standard InChI is InChI=1S/C18H32N2O4/c1-16(12-19-6-2-4-17(14-19)21-8-9-22-17)13-20-7-3-5-18(15-20)23-10-11-24-18/h16H,2-15H2,1H3. The van der Waals surface area contributed by atoms with E-state index in [-0.39, 0.29) is 11.6 Å². The Morgan fingerprint density at radius 1 is 0.750 bits per heavy atom. The summed E-state index contributed by atoms with van der Waals surface area (Å²) in [6.07, 6.45) is 4.42. The van der Waals surface area contributed by atoms with Crippen molar-refractivity contribution >= 4 is 0 Å². The molecule has 4 fully saturated rings. The summed E-state index contributed by atoms with van der Waals surface area (Å²) < 4.78 is 23.6. The highest BCUT2D eigenvalue weighted by molar-refractivity contribution is 4.87. The van der Waals surface area contributed by atoms with E-state index in [2.05, 4.69) is 16.7 Å². The van der Waals surface area contributed by atoms with Crippen LogP contribution in [0.5, 0.6) is 0 Å². The summed E-state index contributed by atoms with van der Waals surface area (Å²) in [4.78, 5) is 5.06. The highest BCUT2D eigenvalue weighted by atomic mass is 16.7. The van der Waals surface area contributed by atoms with Crippen LogP contribution < -0.4 is 0 Å². The fraction of sp³-hybridized carbons (Fsp3) is 1.00. The van der Waals surface area contributed by atoms with Crippen LogP contribution in [0.25, 0.3) is 0 Å². The summed E-state index contributed by atoms with van der Waals surface area (Å²) in [5.74, 6) is 0.00952. The van der Waals surface area contributed by atoms with Gasteiger partial charge >= 0.3 is 0 Å². The maximum atomic E-state index is 5.90. The van der Waals surface area contributed by atoms with Gasteiger partial charge in [-0.3, -0.25) is 9.80 Å². The average molecular weight is 340 g/mol. The molecule has 24 heavy (non-hydrogen) atoms. The Kier molecular flexibility index (Phi) is 5.14. The average Bonchev–Trinajstić information content (AvgIpc) is 3.18. The quantitative estimate of drug-likeness (QED) is 0.769. The van der Waals surface area contributed by atoms with E-state index in [4.69, 9.17) is 18.9 Å². The minimum Gasteiger partial charge on any atom is -0.346 e. The SMILES string of the molecule is CC(CN1CCCC2(C1)OCCO2)CN1CCCC2(C1)OCCO2. The molecule has 4 aliphatic rings. The Balaban J connectivity index is 1.26. The molecule has 4 aliphatic heterocycles. The van der Waals surface area contributed by atoms with Crippen molar-refractivity contribution in [1.29, 1.82) is 0 Å². The van der Waals surface area contributed by atoms with Crippen LogP contribution in [-0.2, 0) is 18.9 Å². The van der Waals surface area contributed by atoms with Gasteiger partial charge in [0, 0.05) is 25.9 Å². The van der Waals surface area contributed by atoms with Gasteiger partial charge in [-0.15, -0.1) is 0 Å². The molecule has 0 saturated carbocycles. The van der Waals surface area contributed by atoms with E-state index in [9.17, 15) is 0 Å². The van der Waals surface area contributed by atoms with Crippen LogP contribution in [0.1, 0.15) is 32.6 Å². The molecule has 0 N–H and O–H groups in total. The van der Waals surface area contributed by atoms with Crippen LogP contribution in [0.4, 0.5) is 0 Å². The Labute approximate surface area is 145 Å². The lowest BCUT2D eigenvalue weighted by Gasteiger charge is -2.42. The number of ether oxygens (including phenoxy) is 4. The van der Waals surface area contributed by atoms with Gasteiger partial charge in [-0.1, -0.05) is 6.92 Å². The Bertz CT molecular complexity index is 383. The van der Waals surface area contributed by atoms with Gasteiger partial charge in [-0.05, 0) is 31.8 Å². The van der Waals surface area contributed by atoms with Crippen LogP contribution in [0.3, 0.4) is 0 Å². The number of hydrogen-bond donors (Lipinski definition) is 0. The van der Waals surface area contributed by atoms with Crippen molar-refractivity contribution in [1.82, 2.24) is 9.80 Å². The van der Waals surface area contributed by atoms with Gasteiger partial charge in [0.15, 0.2) is 11.6 Å². The van der Waals surface area contributed by atoms with Gasteiger partial charge < -0.3 is 18.9 Å². The maximum absolute atomic E-state index is 5.90. The lowest BCUT2D eigenvalue weighted by Crippen LogP contribution is -2.52. The van der Waals surface area contributed by atoms with Crippen molar-refractivity contribution in [2.24, 2.45) is 5.92 Å². The van der Waals surface area contributed by atoms with Gasteiger partial charge in [0.25, 0.3) is 0 Å². The predicted molar refractivity (Wildman–Crippen MR) is 89.8 cm³/mol. The predicted octanol–water partition coefficient (Wildman–Crippen LogP) is 1.30. The molecule has 6 nitrogen and oxygen atoms in total. The summed E-state index contributed by atoms with van der Waals surface area (Å²) in [6.45, 7) is 11.7. The Morgan fingerprint density at radius 2 is 1.17 bits per heavy atom. The van der Waals surface area contributed by atoms with Gasteiger partial charge in [0.1, 0.15) is 0 Å². The zero-order valence-electron chi connectivity index (χ0n) is 15.0. The molecule has 0 radical (unpaired) electrons. The van der Waals surface area contributed by atoms with Crippen molar-refractivity contribution in [3.8, 4) is 0 Å². The second kappa shape index (κ2) is 7.17. The minimum absolute atomic E-state index is 0.307. The van der Waals surface area contributed by atoms with E-state index in [1.165, 1.54) is 12.8 Å². The Morgan fingerprint density at radius 3 is 1.58 bits per heavy atom. The third kappa shape index (κ3) is 3.79. The van der Waals surface area contributed by atoms with E-state index in [0.29, 0.717) is 5.92 Å². The molecule has 138 valence electrons. The lowest BCUT2D eigenvalue weighted by molar-refractivity contribution is -0.193. The lowest BCUT2D eigenvalue weighted by atomic mass is 10.0. The molecule has 4 saturated heterocycles. The molecule has 0 atom stereocenters. The van der Waals surface area contributed by atoms with Crippen molar-refractivity contribution in [3.05, 3.63) is 0 Å². The van der Waals surface area contributed by atoms with Crippen LogP contribution in [0.2, 0.25) is 0 Å². The molecular formula is C18H32N2O4. The first kappa shape index (κ1) is 17.2. The van der Waals surface area contributed by atoms with Gasteiger partial charge in [-0.2, -0.15) is 0 Å². The molecule has 4 rings (SSSR count). The zero-order valence-corrected chi connectivity index (χ0v) is 15.0. The molecule has 0 bridgehead atoms. The molecular weight excluding hydrogens is 308 g/mol. The third-order valence-corrected chi connectivity index (χ3v) is 5.76. The topological polar surface area (TPSA) is 43.4 Å². The monoisotopic (exact) mass is 340 g/mol. The highest BCUT2D eigenvalue weighted by Crippen LogP contribution is 2.32. The first-order chi connectivity index (χ1) is 11.7. The summed E-state index contributed by atoms with van der Waals surface area (Å²) in [5, 5.41) is 0. The van der Waals surface area contributed by atoms with Gasteiger partial charge in [0.05, 0.1) is 39.5 Å². The van der Waals surface area contributed by atoms with E-state index in [1.807, 2.05) is 0 Å². The number of nitrogens with zero attached hydrogens (tertiary/aromatic N) is 2. The summed E-state index contributed by atoms with van der Waals surface area (Å²) in [6, 6.07) is 0. The highest BCUT2D eigenvalue weighted by Gasteiger charge is 2.42. The van der Waals surface area contributed by atoms with Crippen molar-refractivity contribution < 1.29 is 18.9 Å². The molecule has 0 aliphatic carbocycles. The van der Waals surface area contributed by atoms with Gasteiger partial charge in [-0.25, -0.2) is 0 Å². The molecule has 0 unspecified atom stereocenters. The summed E-state index contributed by atoms with van der Waals surface area (Å²) in [5.41, 5.74) is 0. The van der Waals surface area contributed by atoms with Crippen molar-refractivity contribution in [2.45, 2.75) is 44.2 Å². The molecule has 0 aromatic heterocycles. The fourth-order valence-electron chi connectivity index (χ4n) is 4.86. The number of hydrogen-bond acceptors (Lipinski definition) is 6. The molecule has 0 aromatic carbocycles. The summed E-state index contributed by atoms with van der Waals surface area (Å²) in [7, 11) is 0. The molecule has 4 heterocycles. The fourth-order valence-corrected chi connectivity index (χ4v) is 4.86. The van der Waals surface area contributed by atoms with Crippen molar-refractivity contribution in [3.63, 3.8) is 0 Å². The van der Waals surface area contributed by atoms with Crippen LogP contribution in [0, 0.1) is 5.92 Å². The second-order valence-electron chi connectivity index (χ2n) is 8.00. The molecule has 0 amide bonds. The molecule has 2 spiro atoms.